The molecule has 1 aromatic carbocycles. The molecule has 0 aromatic heterocycles. The molecular weight excluding hydrogens is 204 g/mol. The topological polar surface area (TPSA) is 0 Å². The van der Waals surface area contributed by atoms with Crippen LogP contribution in [0.3, 0.4) is 0 Å². The van der Waals surface area contributed by atoms with Crippen LogP contribution in [0.2, 0.25) is 0 Å². The highest BCUT2D eigenvalue weighted by atomic mass is 14.4. The van der Waals surface area contributed by atoms with Crippen molar-refractivity contribution in [1.82, 2.24) is 0 Å². The Labute approximate surface area is 101 Å². The summed E-state index contributed by atoms with van der Waals surface area (Å²) >= 11 is 0. The molecule has 0 aliphatic heterocycles. The standard InChI is InChI=1S/C17H12/c1-2-6-12-10-11-16-14-8-5-4-7-13(14)15(9-3-1)17(12)16/h1-11,16H/b2-1-,3-1?,6-2?,9-3-,12-6-,15-9?. The van der Waals surface area contributed by atoms with Gasteiger partial charge in [0.2, 0.25) is 0 Å². The van der Waals surface area contributed by atoms with Gasteiger partial charge in [-0.2, -0.15) is 0 Å². The smallest absolute Gasteiger partial charge is 0.0291 e. The Morgan fingerprint density at radius 3 is 2.82 bits per heavy atom. The first-order valence-corrected chi connectivity index (χ1v) is 6.02. The normalized spacial score (nSPS) is 30.1. The number of hydrogen-bond acceptors (Lipinski definition) is 0. The molecule has 3 aliphatic rings. The molecule has 0 bridgehead atoms. The fraction of sp³-hybridized carbons (Fsp3) is 0.0588. The monoisotopic (exact) mass is 216 g/mol. The van der Waals surface area contributed by atoms with Gasteiger partial charge in [-0.25, -0.2) is 0 Å². The Morgan fingerprint density at radius 1 is 0.882 bits per heavy atom. The van der Waals surface area contributed by atoms with Gasteiger partial charge in [-0.05, 0) is 27.8 Å². The van der Waals surface area contributed by atoms with E-state index in [2.05, 4.69) is 66.8 Å². The van der Waals surface area contributed by atoms with Crippen molar-refractivity contribution >= 4 is 5.57 Å². The zero-order valence-electron chi connectivity index (χ0n) is 9.43. The second-order valence-electron chi connectivity index (χ2n) is 4.62. The van der Waals surface area contributed by atoms with Crippen LogP contribution in [0.25, 0.3) is 5.57 Å². The molecule has 4 rings (SSSR count). The van der Waals surface area contributed by atoms with Gasteiger partial charge in [0.1, 0.15) is 0 Å². The maximum atomic E-state index is 2.32. The Balaban J connectivity index is 2.05. The molecule has 1 unspecified atom stereocenters. The molecule has 0 fully saturated rings. The predicted molar refractivity (Wildman–Crippen MR) is 71.6 cm³/mol. The molecule has 17 heavy (non-hydrogen) atoms. The quantitative estimate of drug-likeness (QED) is 0.611. The number of fused-ring (bicyclic) bond motifs is 3. The molecule has 1 aromatic rings. The number of benzene rings is 1. The van der Waals surface area contributed by atoms with Gasteiger partial charge in [0, 0.05) is 5.92 Å². The number of allylic oxidation sites excluding steroid dienone is 10. The van der Waals surface area contributed by atoms with Crippen LogP contribution in [-0.4, -0.2) is 0 Å². The fourth-order valence-corrected chi connectivity index (χ4v) is 3.01. The minimum absolute atomic E-state index is 0.476. The van der Waals surface area contributed by atoms with Gasteiger partial charge >= 0.3 is 0 Å². The average molecular weight is 216 g/mol. The third-order valence-corrected chi connectivity index (χ3v) is 3.73. The molecule has 0 nitrogen and oxygen atoms in total. The molecule has 0 heteroatoms. The second kappa shape index (κ2) is 3.21. The van der Waals surface area contributed by atoms with E-state index in [0.717, 1.165) is 0 Å². The van der Waals surface area contributed by atoms with Crippen molar-refractivity contribution < 1.29 is 0 Å². The Kier molecular flexibility index (Phi) is 1.70. The summed E-state index contributed by atoms with van der Waals surface area (Å²) in [7, 11) is 0. The molecule has 0 N–H and O–H groups in total. The fourth-order valence-electron chi connectivity index (χ4n) is 3.01. The van der Waals surface area contributed by atoms with E-state index in [1.54, 1.807) is 0 Å². The maximum absolute atomic E-state index is 2.32. The summed E-state index contributed by atoms with van der Waals surface area (Å²) < 4.78 is 0. The van der Waals surface area contributed by atoms with Gasteiger partial charge in [-0.15, -0.1) is 0 Å². The third kappa shape index (κ3) is 1.13. The van der Waals surface area contributed by atoms with Crippen LogP contribution >= 0.6 is 0 Å². The van der Waals surface area contributed by atoms with Crippen molar-refractivity contribution in [2.75, 3.05) is 0 Å². The van der Waals surface area contributed by atoms with Gasteiger partial charge in [0.25, 0.3) is 0 Å². The van der Waals surface area contributed by atoms with Crippen LogP contribution < -0.4 is 0 Å². The molecular formula is C17H12. The Bertz CT molecular complexity index is 648. The number of rotatable bonds is 0. The molecule has 0 saturated carbocycles. The lowest BCUT2D eigenvalue weighted by Crippen LogP contribution is -1.90. The highest BCUT2D eigenvalue weighted by molar-refractivity contribution is 5.90. The van der Waals surface area contributed by atoms with Gasteiger partial charge in [-0.3, -0.25) is 0 Å². The molecule has 0 heterocycles. The van der Waals surface area contributed by atoms with Crippen LogP contribution in [0.5, 0.6) is 0 Å². The molecule has 80 valence electrons. The lowest BCUT2D eigenvalue weighted by molar-refractivity contribution is 1.08. The van der Waals surface area contributed by atoms with E-state index in [4.69, 9.17) is 0 Å². The molecule has 3 aliphatic carbocycles. The summed E-state index contributed by atoms with van der Waals surface area (Å²) in [5.41, 5.74) is 7.08. The summed E-state index contributed by atoms with van der Waals surface area (Å²) in [5.74, 6) is 0.476. The van der Waals surface area contributed by atoms with Crippen LogP contribution in [0, 0.1) is 0 Å². The molecule has 0 spiro atoms. The largest absolute Gasteiger partial charge is 0.0720 e. The summed E-state index contributed by atoms with van der Waals surface area (Å²) in [6, 6.07) is 8.75. The zero-order chi connectivity index (χ0) is 11.2. The van der Waals surface area contributed by atoms with E-state index in [1.165, 1.54) is 27.8 Å². The SMILES string of the molecule is C1=CC2C3=C(\C=C/C=C\C=C\13)c1ccccc12. The zero-order valence-corrected chi connectivity index (χ0v) is 9.43. The van der Waals surface area contributed by atoms with Gasteiger partial charge in [0.05, 0.1) is 0 Å². The van der Waals surface area contributed by atoms with Crippen molar-refractivity contribution in [3.8, 4) is 0 Å². The summed E-state index contributed by atoms with van der Waals surface area (Å²) in [5, 5.41) is 0. The molecule has 0 saturated heterocycles. The third-order valence-electron chi connectivity index (χ3n) is 3.73. The van der Waals surface area contributed by atoms with E-state index in [9.17, 15) is 0 Å². The lowest BCUT2D eigenvalue weighted by atomic mass is 9.97. The first-order chi connectivity index (χ1) is 8.45. The minimum Gasteiger partial charge on any atom is -0.0720 e. The van der Waals surface area contributed by atoms with Crippen molar-refractivity contribution in [3.05, 3.63) is 89.1 Å². The Hall–Kier alpha value is -2.08. The van der Waals surface area contributed by atoms with Gasteiger partial charge < -0.3 is 0 Å². The van der Waals surface area contributed by atoms with Gasteiger partial charge in [-0.1, -0.05) is 66.8 Å². The summed E-state index contributed by atoms with van der Waals surface area (Å²) in [6.45, 7) is 0. The van der Waals surface area contributed by atoms with E-state index in [0.29, 0.717) is 5.92 Å². The van der Waals surface area contributed by atoms with Crippen LogP contribution in [0.1, 0.15) is 17.0 Å². The second-order valence-corrected chi connectivity index (χ2v) is 4.62. The number of hydrogen-bond donors (Lipinski definition) is 0. The lowest BCUT2D eigenvalue weighted by Gasteiger charge is -2.06. The van der Waals surface area contributed by atoms with Crippen LogP contribution in [-0.2, 0) is 0 Å². The average Bonchev–Trinajstić information content (AvgIpc) is 2.84. The predicted octanol–water partition coefficient (Wildman–Crippen LogP) is 4.16. The minimum atomic E-state index is 0.476. The van der Waals surface area contributed by atoms with Crippen molar-refractivity contribution in [2.24, 2.45) is 0 Å². The van der Waals surface area contributed by atoms with Crippen molar-refractivity contribution in [2.45, 2.75) is 5.92 Å². The first kappa shape index (κ1) is 9.00. The van der Waals surface area contributed by atoms with Crippen molar-refractivity contribution in [3.63, 3.8) is 0 Å². The van der Waals surface area contributed by atoms with Crippen LogP contribution in [0.4, 0.5) is 0 Å². The highest BCUT2D eigenvalue weighted by Crippen LogP contribution is 2.50. The van der Waals surface area contributed by atoms with Crippen molar-refractivity contribution in [1.29, 1.82) is 0 Å². The summed E-state index contributed by atoms with van der Waals surface area (Å²) in [4.78, 5) is 0. The summed E-state index contributed by atoms with van der Waals surface area (Å²) in [6.07, 6.45) is 15.4. The van der Waals surface area contributed by atoms with E-state index >= 15 is 0 Å². The van der Waals surface area contributed by atoms with E-state index < -0.39 is 0 Å². The van der Waals surface area contributed by atoms with E-state index in [-0.39, 0.29) is 0 Å². The van der Waals surface area contributed by atoms with Gasteiger partial charge in [0.15, 0.2) is 0 Å². The molecule has 1 atom stereocenters. The maximum Gasteiger partial charge on any atom is 0.0291 e. The van der Waals surface area contributed by atoms with E-state index in [1.807, 2.05) is 0 Å². The highest BCUT2D eigenvalue weighted by Gasteiger charge is 2.32. The molecule has 0 amide bonds. The Morgan fingerprint density at radius 2 is 1.82 bits per heavy atom. The van der Waals surface area contributed by atoms with Crippen LogP contribution in [0.15, 0.2) is 77.9 Å². The first-order valence-electron chi connectivity index (χ1n) is 6.02. The molecule has 0 radical (unpaired) electrons.